The zero-order valence-corrected chi connectivity index (χ0v) is 16.6. The summed E-state index contributed by atoms with van der Waals surface area (Å²) in [5.74, 6) is 1.31. The van der Waals surface area contributed by atoms with Crippen LogP contribution >= 0.6 is 0 Å². The Labute approximate surface area is 166 Å². The predicted molar refractivity (Wildman–Crippen MR) is 109 cm³/mol. The molecule has 2 bridgehead atoms. The van der Waals surface area contributed by atoms with Crippen molar-refractivity contribution in [2.75, 3.05) is 0 Å². The fraction of sp³-hybridized carbons (Fsp3) is 0.565. The van der Waals surface area contributed by atoms with Crippen LogP contribution in [0.4, 0.5) is 4.79 Å². The van der Waals surface area contributed by atoms with Gasteiger partial charge in [-0.1, -0.05) is 31.0 Å². The highest BCUT2D eigenvalue weighted by molar-refractivity contribution is 5.83. The van der Waals surface area contributed by atoms with E-state index in [0.29, 0.717) is 18.8 Å². The Balaban J connectivity index is 1.34. The Hall–Kier alpha value is -2.30. The number of amides is 1. The molecule has 4 atom stereocenters. The number of aromatic amines is 1. The molecule has 1 aromatic carbocycles. The van der Waals surface area contributed by atoms with Gasteiger partial charge in [-0.15, -0.1) is 0 Å². The summed E-state index contributed by atoms with van der Waals surface area (Å²) in [7, 11) is 0. The Morgan fingerprint density at radius 2 is 2.14 bits per heavy atom. The van der Waals surface area contributed by atoms with Crippen LogP contribution in [0.3, 0.4) is 0 Å². The zero-order valence-electron chi connectivity index (χ0n) is 16.6. The van der Waals surface area contributed by atoms with Crippen LogP contribution in [0.25, 0.3) is 10.9 Å². The number of carbonyl (C=O) groups is 2. The van der Waals surface area contributed by atoms with Crippen LogP contribution in [0.5, 0.6) is 0 Å². The van der Waals surface area contributed by atoms with Crippen LogP contribution in [-0.2, 0) is 16.0 Å². The number of aromatic nitrogens is 1. The number of alkyl carbamates (subject to hydrolysis) is 1. The number of aryl methyl sites for hydroxylation is 1. The number of aldehydes is 1. The van der Waals surface area contributed by atoms with E-state index in [1.165, 1.54) is 19.3 Å². The third-order valence-electron chi connectivity index (χ3n) is 6.70. The molecule has 0 aliphatic heterocycles. The van der Waals surface area contributed by atoms with Crippen molar-refractivity contribution in [1.82, 2.24) is 10.3 Å². The van der Waals surface area contributed by atoms with Gasteiger partial charge in [-0.25, -0.2) is 4.79 Å². The minimum Gasteiger partial charge on any atom is -0.446 e. The summed E-state index contributed by atoms with van der Waals surface area (Å²) in [5, 5.41) is 3.99. The molecule has 1 heterocycles. The second kappa shape index (κ2) is 7.98. The van der Waals surface area contributed by atoms with E-state index in [-0.39, 0.29) is 6.10 Å². The molecule has 0 radical (unpaired) electrons. The molecule has 2 saturated carbocycles. The average molecular weight is 383 g/mol. The Bertz CT molecular complexity index is 845. The second-order valence-corrected chi connectivity index (χ2v) is 8.83. The van der Waals surface area contributed by atoms with Crippen LogP contribution < -0.4 is 5.32 Å². The maximum absolute atomic E-state index is 12.5. The van der Waals surface area contributed by atoms with Gasteiger partial charge >= 0.3 is 6.09 Å². The Morgan fingerprint density at radius 1 is 1.29 bits per heavy atom. The van der Waals surface area contributed by atoms with Gasteiger partial charge < -0.3 is 19.8 Å². The van der Waals surface area contributed by atoms with Crippen molar-refractivity contribution in [3.05, 3.63) is 36.0 Å². The quantitative estimate of drug-likeness (QED) is 0.708. The lowest BCUT2D eigenvalue weighted by atomic mass is 9.71. The zero-order chi connectivity index (χ0) is 19.6. The SMILES string of the molecule is CC(C=O)(CCc1c[nH]c2ccccc12)NC(=O)OC1CCC2CCCC1C2. The molecule has 150 valence electrons. The largest absolute Gasteiger partial charge is 0.446 e. The van der Waals surface area contributed by atoms with E-state index in [1.807, 2.05) is 24.4 Å². The molecular weight excluding hydrogens is 352 g/mol. The standard InChI is InChI=1S/C23H30N2O3/c1-23(15-26,12-11-18-14-24-20-8-3-2-7-19(18)20)25-22(27)28-21-10-9-16-5-4-6-17(21)13-16/h2-3,7-8,14-17,21,24H,4-6,9-13H2,1H3,(H,25,27). The maximum Gasteiger partial charge on any atom is 0.408 e. The predicted octanol–water partition coefficient (Wildman–Crippen LogP) is 4.75. The fourth-order valence-electron chi connectivity index (χ4n) is 5.01. The molecule has 0 spiro atoms. The molecule has 2 aromatic rings. The first-order valence-corrected chi connectivity index (χ1v) is 10.6. The van der Waals surface area contributed by atoms with Gasteiger partial charge in [-0.05, 0) is 68.9 Å². The summed E-state index contributed by atoms with van der Waals surface area (Å²) >= 11 is 0. The van der Waals surface area contributed by atoms with E-state index in [1.54, 1.807) is 6.92 Å². The van der Waals surface area contributed by atoms with E-state index >= 15 is 0 Å². The Morgan fingerprint density at radius 3 is 3.00 bits per heavy atom. The Kier molecular flexibility index (Phi) is 5.42. The third-order valence-corrected chi connectivity index (χ3v) is 6.70. The molecule has 2 aliphatic carbocycles. The molecular formula is C23H30N2O3. The van der Waals surface area contributed by atoms with Crippen LogP contribution in [-0.4, -0.2) is 29.0 Å². The van der Waals surface area contributed by atoms with Crippen LogP contribution in [0, 0.1) is 11.8 Å². The third kappa shape index (κ3) is 4.08. The topological polar surface area (TPSA) is 71.2 Å². The maximum atomic E-state index is 12.5. The molecule has 2 aliphatic rings. The molecule has 28 heavy (non-hydrogen) atoms. The molecule has 0 saturated heterocycles. The molecule has 2 N–H and O–H groups in total. The first-order valence-electron chi connectivity index (χ1n) is 10.6. The molecule has 5 heteroatoms. The van der Waals surface area contributed by atoms with Gasteiger partial charge in [0.1, 0.15) is 12.4 Å². The van der Waals surface area contributed by atoms with Gasteiger partial charge in [-0.3, -0.25) is 0 Å². The highest BCUT2D eigenvalue weighted by Gasteiger charge is 2.36. The number of benzene rings is 1. The minimum absolute atomic E-state index is 0.000990. The number of ether oxygens (including phenoxy) is 1. The summed E-state index contributed by atoms with van der Waals surface area (Å²) in [6.45, 7) is 1.77. The van der Waals surface area contributed by atoms with Gasteiger partial charge in [0.05, 0.1) is 5.54 Å². The normalized spacial score (nSPS) is 26.4. The second-order valence-electron chi connectivity index (χ2n) is 8.83. The summed E-state index contributed by atoms with van der Waals surface area (Å²) in [6, 6.07) is 8.11. The highest BCUT2D eigenvalue weighted by atomic mass is 16.6. The molecule has 1 amide bonds. The van der Waals surface area contributed by atoms with Gasteiger partial charge in [-0.2, -0.15) is 0 Å². The van der Waals surface area contributed by atoms with Crippen LogP contribution in [0.15, 0.2) is 30.5 Å². The van der Waals surface area contributed by atoms with Crippen LogP contribution in [0.2, 0.25) is 0 Å². The van der Waals surface area contributed by atoms with Crippen molar-refractivity contribution >= 4 is 23.3 Å². The van der Waals surface area contributed by atoms with Crippen molar-refractivity contribution in [2.45, 2.75) is 69.9 Å². The lowest BCUT2D eigenvalue weighted by molar-refractivity contribution is -0.113. The number of hydrogen-bond donors (Lipinski definition) is 2. The number of hydrogen-bond acceptors (Lipinski definition) is 3. The number of para-hydroxylation sites is 1. The van der Waals surface area contributed by atoms with Gasteiger partial charge in [0.15, 0.2) is 0 Å². The molecule has 1 aromatic heterocycles. The van der Waals surface area contributed by atoms with Gasteiger partial charge in [0.25, 0.3) is 0 Å². The number of H-pyrrole nitrogens is 1. The lowest BCUT2D eigenvalue weighted by Crippen LogP contribution is -2.49. The summed E-state index contributed by atoms with van der Waals surface area (Å²) < 4.78 is 5.77. The monoisotopic (exact) mass is 382 g/mol. The van der Waals surface area contributed by atoms with Gasteiger partial charge in [0.2, 0.25) is 0 Å². The first-order chi connectivity index (χ1) is 13.6. The van der Waals surface area contributed by atoms with Gasteiger partial charge in [0, 0.05) is 17.1 Å². The smallest absolute Gasteiger partial charge is 0.408 e. The van der Waals surface area contributed by atoms with Crippen molar-refractivity contribution in [1.29, 1.82) is 0 Å². The summed E-state index contributed by atoms with van der Waals surface area (Å²) in [5.41, 5.74) is 1.30. The minimum atomic E-state index is -0.931. The number of nitrogens with one attached hydrogen (secondary N) is 2. The molecule has 5 nitrogen and oxygen atoms in total. The number of carbonyl (C=O) groups excluding carboxylic acids is 2. The summed E-state index contributed by atoms with van der Waals surface area (Å²) in [4.78, 5) is 27.6. The van der Waals surface area contributed by atoms with Crippen molar-refractivity contribution in [2.24, 2.45) is 11.8 Å². The van der Waals surface area contributed by atoms with E-state index in [2.05, 4.69) is 16.4 Å². The highest BCUT2D eigenvalue weighted by Crippen LogP contribution is 2.41. The van der Waals surface area contributed by atoms with E-state index in [9.17, 15) is 9.59 Å². The van der Waals surface area contributed by atoms with E-state index in [0.717, 1.165) is 47.9 Å². The van der Waals surface area contributed by atoms with Crippen LogP contribution in [0.1, 0.15) is 57.4 Å². The van der Waals surface area contributed by atoms with Crippen molar-refractivity contribution in [3.8, 4) is 0 Å². The number of fused-ring (bicyclic) bond motifs is 3. The molecule has 4 rings (SSSR count). The van der Waals surface area contributed by atoms with Crippen molar-refractivity contribution < 1.29 is 14.3 Å². The average Bonchev–Trinajstić information content (AvgIpc) is 3.12. The number of rotatable bonds is 6. The lowest BCUT2D eigenvalue weighted by Gasteiger charge is -2.39. The molecule has 2 fully saturated rings. The van der Waals surface area contributed by atoms with E-state index in [4.69, 9.17) is 4.74 Å². The fourth-order valence-corrected chi connectivity index (χ4v) is 5.01. The molecule has 4 unspecified atom stereocenters. The first kappa shape index (κ1) is 19.0. The van der Waals surface area contributed by atoms with E-state index < -0.39 is 11.6 Å². The summed E-state index contributed by atoms with van der Waals surface area (Å²) in [6.07, 6.45) is 10.6. The van der Waals surface area contributed by atoms with Crippen molar-refractivity contribution in [3.63, 3.8) is 0 Å².